The minimum Gasteiger partial charge on any atom is -0.496 e. The monoisotopic (exact) mass is 528 g/mol. The second-order valence-corrected chi connectivity index (χ2v) is 10.2. The van der Waals surface area contributed by atoms with Gasteiger partial charge in [0.15, 0.2) is 0 Å². The van der Waals surface area contributed by atoms with Crippen LogP contribution in [0.1, 0.15) is 53.6 Å². The summed E-state index contributed by atoms with van der Waals surface area (Å²) in [4.78, 5) is 30.8. The van der Waals surface area contributed by atoms with Gasteiger partial charge in [0.2, 0.25) is 5.91 Å². The number of nitrogens with zero attached hydrogens (tertiary/aromatic N) is 2. The molecule has 39 heavy (non-hydrogen) atoms. The van der Waals surface area contributed by atoms with Gasteiger partial charge in [-0.05, 0) is 55.0 Å². The Kier molecular flexibility index (Phi) is 10.4. The van der Waals surface area contributed by atoms with Gasteiger partial charge < -0.3 is 19.3 Å². The number of fused-ring (bicyclic) bond motifs is 1. The summed E-state index contributed by atoms with van der Waals surface area (Å²) < 4.78 is 11.9. The number of methoxy groups -OCH3 is 1. The number of amides is 2. The molecule has 3 aromatic rings. The van der Waals surface area contributed by atoms with Crippen LogP contribution in [0.5, 0.6) is 11.5 Å². The molecule has 1 aliphatic rings. The Hall–Kier alpha value is -3.80. The number of ether oxygens (including phenoxy) is 2. The van der Waals surface area contributed by atoms with Crippen LogP contribution in [0, 0.1) is 0 Å². The summed E-state index contributed by atoms with van der Waals surface area (Å²) >= 11 is 0. The summed E-state index contributed by atoms with van der Waals surface area (Å²) in [5, 5.41) is 0. The number of rotatable bonds is 6. The summed E-state index contributed by atoms with van der Waals surface area (Å²) in [7, 11) is 3.51. The van der Waals surface area contributed by atoms with Crippen molar-refractivity contribution in [2.45, 2.75) is 51.0 Å². The lowest BCUT2D eigenvalue weighted by molar-refractivity contribution is -0.134. The molecule has 0 saturated heterocycles. The third-order valence-electron chi connectivity index (χ3n) is 7.41. The fourth-order valence-corrected chi connectivity index (χ4v) is 5.20. The van der Waals surface area contributed by atoms with Gasteiger partial charge in [-0.3, -0.25) is 9.59 Å². The smallest absolute Gasteiger partial charge is 0.257 e. The van der Waals surface area contributed by atoms with E-state index in [2.05, 4.69) is 12.1 Å². The van der Waals surface area contributed by atoms with E-state index < -0.39 is 0 Å². The first-order chi connectivity index (χ1) is 19.1. The largest absolute Gasteiger partial charge is 0.496 e. The van der Waals surface area contributed by atoms with Gasteiger partial charge in [0, 0.05) is 26.6 Å². The molecule has 1 aliphatic heterocycles. The maximum Gasteiger partial charge on any atom is 0.257 e. The topological polar surface area (TPSA) is 59.1 Å². The normalized spacial score (nSPS) is 17.1. The van der Waals surface area contributed by atoms with Crippen LogP contribution in [0.4, 0.5) is 0 Å². The zero-order valence-electron chi connectivity index (χ0n) is 23.2. The quantitative estimate of drug-likeness (QED) is 0.406. The highest BCUT2D eigenvalue weighted by Gasteiger charge is 2.26. The predicted octanol–water partition coefficient (Wildman–Crippen LogP) is 5.79. The van der Waals surface area contributed by atoms with Gasteiger partial charge in [0.05, 0.1) is 18.7 Å². The lowest BCUT2D eigenvalue weighted by Gasteiger charge is -2.33. The minimum absolute atomic E-state index is 0.0352. The van der Waals surface area contributed by atoms with Crippen LogP contribution >= 0.6 is 0 Å². The van der Waals surface area contributed by atoms with Crippen LogP contribution < -0.4 is 9.47 Å². The predicted molar refractivity (Wildman–Crippen MR) is 154 cm³/mol. The maximum absolute atomic E-state index is 13.8. The van der Waals surface area contributed by atoms with Gasteiger partial charge >= 0.3 is 0 Å². The van der Waals surface area contributed by atoms with E-state index in [-0.39, 0.29) is 17.9 Å². The summed E-state index contributed by atoms with van der Waals surface area (Å²) in [6.07, 6.45) is 5.56. The number of hydrogen-bond acceptors (Lipinski definition) is 4. The van der Waals surface area contributed by atoms with E-state index >= 15 is 0 Å². The molecule has 0 radical (unpaired) electrons. The van der Waals surface area contributed by atoms with E-state index in [0.29, 0.717) is 50.3 Å². The molecule has 0 bridgehead atoms. The molecule has 206 valence electrons. The Morgan fingerprint density at radius 3 is 2.38 bits per heavy atom. The molecule has 4 rings (SSSR count). The van der Waals surface area contributed by atoms with Crippen LogP contribution in [0.25, 0.3) is 0 Å². The fourth-order valence-electron chi connectivity index (χ4n) is 5.20. The van der Waals surface area contributed by atoms with Crippen LogP contribution in [0.15, 0.2) is 78.9 Å². The number of carbonyl (C=O) groups is 2. The second-order valence-electron chi connectivity index (χ2n) is 10.2. The summed E-state index contributed by atoms with van der Waals surface area (Å²) in [5.41, 5.74) is 2.74. The first-order valence-corrected chi connectivity index (χ1v) is 14.0. The van der Waals surface area contributed by atoms with Crippen molar-refractivity contribution in [1.29, 1.82) is 0 Å². The SMILES string of the molecule is COc1ccccc1CCC(=O)N1CCCCCCN(C)C(=O)c2ccccc2OC[C@@H]1Cc1ccccc1. The highest BCUT2D eigenvalue weighted by molar-refractivity contribution is 5.96. The highest BCUT2D eigenvalue weighted by atomic mass is 16.5. The van der Waals surface area contributed by atoms with Crippen molar-refractivity contribution in [3.05, 3.63) is 95.6 Å². The molecule has 6 heteroatoms. The van der Waals surface area contributed by atoms with Crippen molar-refractivity contribution < 1.29 is 19.1 Å². The van der Waals surface area contributed by atoms with Crippen molar-refractivity contribution >= 4 is 11.8 Å². The van der Waals surface area contributed by atoms with E-state index in [4.69, 9.17) is 9.47 Å². The molecule has 0 aromatic heterocycles. The molecule has 6 nitrogen and oxygen atoms in total. The molecule has 0 saturated carbocycles. The minimum atomic E-state index is -0.165. The maximum atomic E-state index is 13.8. The van der Waals surface area contributed by atoms with Gasteiger partial charge in [0.25, 0.3) is 5.91 Å². The number of aryl methyl sites for hydroxylation is 1. The van der Waals surface area contributed by atoms with Gasteiger partial charge in [-0.1, -0.05) is 73.5 Å². The van der Waals surface area contributed by atoms with Crippen LogP contribution in [0.3, 0.4) is 0 Å². The Labute approximate surface area is 232 Å². The number of benzene rings is 3. The molecule has 0 aliphatic carbocycles. The molecule has 0 N–H and O–H groups in total. The van der Waals surface area contributed by atoms with E-state index in [9.17, 15) is 9.59 Å². The standard InChI is InChI=1S/C33H40N2O4/c1-34-22-12-3-4-13-23-35(32(36)21-20-27-16-8-10-18-30(27)38-2)28(24-26-14-6-5-7-15-26)25-39-31-19-11-9-17-29(31)33(34)37/h5-11,14-19,28H,3-4,12-13,20-25H2,1-2H3/t28-/m0/s1. The van der Waals surface area contributed by atoms with Gasteiger partial charge in [-0.2, -0.15) is 0 Å². The lowest BCUT2D eigenvalue weighted by Crippen LogP contribution is -2.46. The third kappa shape index (κ3) is 7.85. The number of carbonyl (C=O) groups excluding carboxylic acids is 2. The molecule has 3 aromatic carbocycles. The summed E-state index contributed by atoms with van der Waals surface area (Å²) in [6, 6.07) is 25.4. The molecule has 2 amide bonds. The molecule has 0 fully saturated rings. The molecule has 1 heterocycles. The van der Waals surface area contributed by atoms with Crippen LogP contribution in [-0.4, -0.2) is 61.5 Å². The van der Waals surface area contributed by atoms with Crippen LogP contribution in [0.2, 0.25) is 0 Å². The van der Waals surface area contributed by atoms with Crippen molar-refractivity contribution in [2.75, 3.05) is 33.9 Å². The Bertz CT molecular complexity index is 1210. The number of hydrogen-bond donors (Lipinski definition) is 0. The zero-order valence-corrected chi connectivity index (χ0v) is 23.2. The fraction of sp³-hybridized carbons (Fsp3) is 0.394. The average molecular weight is 529 g/mol. The van der Waals surface area contributed by atoms with E-state index in [1.54, 1.807) is 12.0 Å². The zero-order chi connectivity index (χ0) is 27.5. The second kappa shape index (κ2) is 14.4. The third-order valence-corrected chi connectivity index (χ3v) is 7.41. The average Bonchev–Trinajstić information content (AvgIpc) is 2.97. The van der Waals surface area contributed by atoms with E-state index in [0.717, 1.165) is 42.6 Å². The highest BCUT2D eigenvalue weighted by Crippen LogP contribution is 2.24. The van der Waals surface area contributed by atoms with Crippen LogP contribution in [-0.2, 0) is 17.6 Å². The van der Waals surface area contributed by atoms with Crippen molar-refractivity contribution in [2.24, 2.45) is 0 Å². The molecule has 1 atom stereocenters. The Morgan fingerprint density at radius 1 is 0.897 bits per heavy atom. The van der Waals surface area contributed by atoms with Gasteiger partial charge in [0.1, 0.15) is 18.1 Å². The molecular weight excluding hydrogens is 488 g/mol. The number of para-hydroxylation sites is 2. The molecule has 0 spiro atoms. The van der Waals surface area contributed by atoms with Gasteiger partial charge in [-0.15, -0.1) is 0 Å². The molecule has 0 unspecified atom stereocenters. The Balaban J connectivity index is 1.60. The first kappa shape index (κ1) is 28.2. The van der Waals surface area contributed by atoms with Gasteiger partial charge in [-0.25, -0.2) is 0 Å². The lowest BCUT2D eigenvalue weighted by atomic mass is 10.0. The Morgan fingerprint density at radius 2 is 1.59 bits per heavy atom. The van der Waals surface area contributed by atoms with E-state index in [1.165, 1.54) is 0 Å². The van der Waals surface area contributed by atoms with Crippen molar-refractivity contribution in [3.63, 3.8) is 0 Å². The van der Waals surface area contributed by atoms with E-state index in [1.807, 2.05) is 78.7 Å². The summed E-state index contributed by atoms with van der Waals surface area (Å²) in [5.74, 6) is 1.45. The van der Waals surface area contributed by atoms with Crippen molar-refractivity contribution in [1.82, 2.24) is 9.80 Å². The first-order valence-electron chi connectivity index (χ1n) is 14.0. The summed E-state index contributed by atoms with van der Waals surface area (Å²) in [6.45, 7) is 1.69. The van der Waals surface area contributed by atoms with Crippen molar-refractivity contribution in [3.8, 4) is 11.5 Å². The molecular formula is C33H40N2O4.